The van der Waals surface area contributed by atoms with Gasteiger partial charge in [-0.05, 0) is 12.1 Å². The van der Waals surface area contributed by atoms with Crippen LogP contribution in [0.1, 0.15) is 17.0 Å². The normalized spacial score (nSPS) is 18.4. The van der Waals surface area contributed by atoms with Crippen molar-refractivity contribution in [3.05, 3.63) is 53.6 Å². The third-order valence-corrected chi connectivity index (χ3v) is 3.98. The van der Waals surface area contributed by atoms with Crippen LogP contribution in [-0.4, -0.2) is 19.9 Å². The molecular formula is C17H17NO3. The summed E-state index contributed by atoms with van der Waals surface area (Å²) in [4.78, 5) is 0. The fraction of sp³-hybridized carbons (Fsp3) is 0.294. The first kappa shape index (κ1) is 12.5. The number of fused-ring (bicyclic) bond motifs is 2. The number of hydrogen-bond acceptors (Lipinski definition) is 4. The molecule has 1 atom stereocenters. The predicted molar refractivity (Wildman–Crippen MR) is 78.9 cm³/mol. The first-order chi connectivity index (χ1) is 10.4. The Kier molecular flexibility index (Phi) is 3.16. The van der Waals surface area contributed by atoms with Crippen molar-refractivity contribution < 1.29 is 14.2 Å². The van der Waals surface area contributed by atoms with Gasteiger partial charge in [0.2, 0.25) is 6.79 Å². The van der Waals surface area contributed by atoms with Crippen LogP contribution < -0.4 is 19.5 Å². The second-order valence-corrected chi connectivity index (χ2v) is 5.33. The van der Waals surface area contributed by atoms with Crippen molar-refractivity contribution in [2.24, 2.45) is 0 Å². The quantitative estimate of drug-likeness (QED) is 0.936. The lowest BCUT2D eigenvalue weighted by molar-refractivity contribution is 0.173. The number of nitrogens with one attached hydrogen (secondary N) is 1. The molecule has 0 spiro atoms. The average Bonchev–Trinajstić information content (AvgIpc) is 3.15. The summed E-state index contributed by atoms with van der Waals surface area (Å²) in [5.41, 5.74) is 2.43. The summed E-state index contributed by atoms with van der Waals surface area (Å²) in [7, 11) is 0. The Morgan fingerprint density at radius 3 is 2.86 bits per heavy atom. The molecule has 0 aromatic heterocycles. The fourth-order valence-electron chi connectivity index (χ4n) is 2.91. The minimum Gasteiger partial charge on any atom is -0.493 e. The van der Waals surface area contributed by atoms with E-state index in [0.29, 0.717) is 12.7 Å². The molecule has 2 heterocycles. The minimum atomic E-state index is 0.316. The highest BCUT2D eigenvalue weighted by atomic mass is 16.7. The lowest BCUT2D eigenvalue weighted by Gasteiger charge is -2.11. The van der Waals surface area contributed by atoms with Crippen LogP contribution in [-0.2, 0) is 6.54 Å². The molecular weight excluding hydrogens is 266 g/mol. The Bertz CT molecular complexity index is 656. The smallest absolute Gasteiger partial charge is 0.231 e. The molecule has 0 fully saturated rings. The molecule has 0 bridgehead atoms. The summed E-state index contributed by atoms with van der Waals surface area (Å²) < 4.78 is 16.6. The fourth-order valence-corrected chi connectivity index (χ4v) is 2.91. The van der Waals surface area contributed by atoms with Crippen LogP contribution in [0.5, 0.6) is 17.2 Å². The van der Waals surface area contributed by atoms with E-state index in [0.717, 1.165) is 42.5 Å². The molecule has 2 aliphatic rings. The van der Waals surface area contributed by atoms with Gasteiger partial charge in [0.25, 0.3) is 0 Å². The topological polar surface area (TPSA) is 39.7 Å². The number of rotatable bonds is 4. The van der Waals surface area contributed by atoms with E-state index >= 15 is 0 Å². The van der Waals surface area contributed by atoms with Crippen LogP contribution in [0, 0.1) is 0 Å². The first-order valence-corrected chi connectivity index (χ1v) is 7.22. The third kappa shape index (κ3) is 2.32. The van der Waals surface area contributed by atoms with Crippen molar-refractivity contribution in [1.29, 1.82) is 0 Å². The van der Waals surface area contributed by atoms with E-state index in [2.05, 4.69) is 23.5 Å². The molecule has 4 rings (SSSR count). The zero-order chi connectivity index (χ0) is 14.1. The summed E-state index contributed by atoms with van der Waals surface area (Å²) in [5.74, 6) is 3.13. The van der Waals surface area contributed by atoms with E-state index in [1.54, 1.807) is 0 Å². The molecule has 4 nitrogen and oxygen atoms in total. The molecule has 2 aliphatic heterocycles. The molecule has 0 amide bonds. The number of para-hydroxylation sites is 2. The number of ether oxygens (including phenoxy) is 3. The van der Waals surface area contributed by atoms with Crippen molar-refractivity contribution in [1.82, 2.24) is 5.32 Å². The van der Waals surface area contributed by atoms with Crippen LogP contribution in [0.4, 0.5) is 0 Å². The van der Waals surface area contributed by atoms with Crippen LogP contribution >= 0.6 is 0 Å². The summed E-state index contributed by atoms with van der Waals surface area (Å²) >= 11 is 0. The highest BCUT2D eigenvalue weighted by molar-refractivity contribution is 5.48. The summed E-state index contributed by atoms with van der Waals surface area (Å²) in [6.45, 7) is 2.72. The van der Waals surface area contributed by atoms with Crippen molar-refractivity contribution in [2.75, 3.05) is 19.9 Å². The third-order valence-electron chi connectivity index (χ3n) is 3.98. The molecule has 0 aliphatic carbocycles. The van der Waals surface area contributed by atoms with Gasteiger partial charge in [-0.25, -0.2) is 0 Å². The second kappa shape index (κ2) is 5.30. The van der Waals surface area contributed by atoms with Crippen molar-refractivity contribution in [3.8, 4) is 17.2 Å². The number of hydrogen-bond donors (Lipinski definition) is 1. The zero-order valence-corrected chi connectivity index (χ0v) is 11.7. The average molecular weight is 283 g/mol. The molecule has 2 aromatic rings. The van der Waals surface area contributed by atoms with E-state index < -0.39 is 0 Å². The van der Waals surface area contributed by atoms with Crippen LogP contribution in [0.3, 0.4) is 0 Å². The Morgan fingerprint density at radius 1 is 0.952 bits per heavy atom. The maximum absolute atomic E-state index is 5.70. The molecule has 0 radical (unpaired) electrons. The van der Waals surface area contributed by atoms with E-state index in [4.69, 9.17) is 14.2 Å². The van der Waals surface area contributed by atoms with Crippen molar-refractivity contribution in [2.45, 2.75) is 12.5 Å². The van der Waals surface area contributed by atoms with Gasteiger partial charge < -0.3 is 19.5 Å². The maximum Gasteiger partial charge on any atom is 0.231 e. The Morgan fingerprint density at radius 2 is 1.86 bits per heavy atom. The van der Waals surface area contributed by atoms with Gasteiger partial charge in [0.05, 0.1) is 6.61 Å². The summed E-state index contributed by atoms with van der Waals surface area (Å²) in [6.07, 6.45) is 0. The van der Waals surface area contributed by atoms with Gasteiger partial charge in [-0.3, -0.25) is 0 Å². The lowest BCUT2D eigenvalue weighted by Crippen LogP contribution is -2.22. The molecule has 2 aromatic carbocycles. The van der Waals surface area contributed by atoms with E-state index in [-0.39, 0.29) is 0 Å². The highest BCUT2D eigenvalue weighted by Crippen LogP contribution is 2.36. The van der Waals surface area contributed by atoms with Gasteiger partial charge in [-0.2, -0.15) is 0 Å². The van der Waals surface area contributed by atoms with Gasteiger partial charge >= 0.3 is 0 Å². The zero-order valence-electron chi connectivity index (χ0n) is 11.7. The van der Waals surface area contributed by atoms with E-state index in [1.807, 2.05) is 24.3 Å². The Balaban J connectivity index is 1.40. The molecule has 4 heteroatoms. The minimum absolute atomic E-state index is 0.316. The Hall–Kier alpha value is -2.20. The molecule has 0 saturated heterocycles. The first-order valence-electron chi connectivity index (χ1n) is 7.22. The van der Waals surface area contributed by atoms with Gasteiger partial charge in [0.1, 0.15) is 5.75 Å². The van der Waals surface area contributed by atoms with E-state index in [1.165, 1.54) is 5.56 Å². The van der Waals surface area contributed by atoms with Gasteiger partial charge in [-0.15, -0.1) is 0 Å². The van der Waals surface area contributed by atoms with Crippen molar-refractivity contribution >= 4 is 0 Å². The monoisotopic (exact) mass is 283 g/mol. The molecule has 1 unspecified atom stereocenters. The van der Waals surface area contributed by atoms with Crippen LogP contribution in [0.15, 0.2) is 42.5 Å². The second-order valence-electron chi connectivity index (χ2n) is 5.33. The molecule has 21 heavy (non-hydrogen) atoms. The summed E-state index contributed by atoms with van der Waals surface area (Å²) in [6, 6.07) is 14.3. The molecule has 1 N–H and O–H groups in total. The maximum atomic E-state index is 5.70. The predicted octanol–water partition coefficient (Wildman–Crippen LogP) is 2.68. The Labute approximate surface area is 123 Å². The molecule has 0 saturated carbocycles. The lowest BCUT2D eigenvalue weighted by atomic mass is 10.0. The molecule has 108 valence electrons. The van der Waals surface area contributed by atoms with Crippen LogP contribution in [0.2, 0.25) is 0 Å². The SMILES string of the molecule is c1ccc2c(c1)OCC2CNCc1cccc2c1OCO2. The van der Waals surface area contributed by atoms with Crippen LogP contribution in [0.25, 0.3) is 0 Å². The summed E-state index contributed by atoms with van der Waals surface area (Å²) in [5, 5.41) is 3.50. The highest BCUT2D eigenvalue weighted by Gasteiger charge is 2.23. The largest absolute Gasteiger partial charge is 0.493 e. The van der Waals surface area contributed by atoms with Crippen molar-refractivity contribution in [3.63, 3.8) is 0 Å². The number of benzene rings is 2. The van der Waals surface area contributed by atoms with Gasteiger partial charge in [0.15, 0.2) is 11.5 Å². The van der Waals surface area contributed by atoms with E-state index in [9.17, 15) is 0 Å². The van der Waals surface area contributed by atoms with Gasteiger partial charge in [-0.1, -0.05) is 30.3 Å². The standard InChI is InChI=1S/C17H17NO3/c1-2-6-15-14(5-1)13(10-19-15)9-18-8-12-4-3-7-16-17(12)21-11-20-16/h1-7,13,18H,8-11H2. The van der Waals surface area contributed by atoms with Gasteiger partial charge in [0, 0.05) is 30.1 Å².